The lowest BCUT2D eigenvalue weighted by Gasteiger charge is -2.35. The minimum absolute atomic E-state index is 0.0859. The van der Waals surface area contributed by atoms with Gasteiger partial charge in [-0.2, -0.15) is 0 Å². The molecule has 0 unspecified atom stereocenters. The molecule has 1 aromatic carbocycles. The van der Waals surface area contributed by atoms with Crippen molar-refractivity contribution in [1.29, 1.82) is 0 Å². The fraction of sp³-hybridized carbons (Fsp3) is 0.667. The van der Waals surface area contributed by atoms with Gasteiger partial charge in [0.2, 0.25) is 5.91 Å². The number of hydrogen-bond acceptors (Lipinski definition) is 3. The zero-order chi connectivity index (χ0) is 17.6. The summed E-state index contributed by atoms with van der Waals surface area (Å²) in [6.07, 6.45) is 4.58. The highest BCUT2D eigenvalue weighted by atomic mass is 16.2. The van der Waals surface area contributed by atoms with Crippen molar-refractivity contribution in [1.82, 2.24) is 10.2 Å². The first-order chi connectivity index (χ1) is 12.1. The molecule has 1 aromatic rings. The topological polar surface area (TPSA) is 35.6 Å². The van der Waals surface area contributed by atoms with Crippen molar-refractivity contribution in [3.05, 3.63) is 30.3 Å². The van der Waals surface area contributed by atoms with Crippen LogP contribution in [0.4, 0.5) is 5.69 Å². The maximum atomic E-state index is 12.7. The van der Waals surface area contributed by atoms with E-state index in [9.17, 15) is 4.79 Å². The second-order valence-corrected chi connectivity index (χ2v) is 8.08. The number of carbonyl (C=O) groups excluding carboxylic acids is 1. The molecule has 0 aromatic heterocycles. The monoisotopic (exact) mass is 343 g/mol. The first-order valence-electron chi connectivity index (χ1n) is 9.95. The number of anilines is 1. The van der Waals surface area contributed by atoms with E-state index in [4.69, 9.17) is 0 Å². The van der Waals surface area contributed by atoms with Crippen LogP contribution in [-0.4, -0.2) is 49.6 Å². The molecule has 4 heteroatoms. The van der Waals surface area contributed by atoms with Crippen molar-refractivity contribution in [2.45, 2.75) is 45.6 Å². The minimum atomic E-state index is 0.0859. The van der Waals surface area contributed by atoms with Crippen LogP contribution < -0.4 is 10.2 Å². The molecule has 2 fully saturated rings. The Hall–Kier alpha value is -1.55. The number of nitrogens with zero attached hydrogens (tertiary/aromatic N) is 2. The summed E-state index contributed by atoms with van der Waals surface area (Å²) in [6.45, 7) is 9.53. The molecule has 1 amide bonds. The van der Waals surface area contributed by atoms with Gasteiger partial charge in [-0.25, -0.2) is 0 Å². The van der Waals surface area contributed by atoms with Gasteiger partial charge in [0.25, 0.3) is 0 Å². The van der Waals surface area contributed by atoms with Gasteiger partial charge in [0.15, 0.2) is 0 Å². The van der Waals surface area contributed by atoms with E-state index in [0.29, 0.717) is 11.8 Å². The molecule has 2 aliphatic heterocycles. The molecule has 2 heterocycles. The first-order valence-corrected chi connectivity index (χ1v) is 9.95. The summed E-state index contributed by atoms with van der Waals surface area (Å²) in [5.41, 5.74) is 1.30. The Bertz CT molecular complexity index is 545. The van der Waals surface area contributed by atoms with Crippen molar-refractivity contribution < 1.29 is 4.79 Å². The summed E-state index contributed by atoms with van der Waals surface area (Å²) in [5, 5.41) is 3.26. The van der Waals surface area contributed by atoms with Crippen molar-refractivity contribution >= 4 is 11.6 Å². The Balaban J connectivity index is 1.47. The molecule has 2 aliphatic rings. The molecule has 0 radical (unpaired) electrons. The zero-order valence-corrected chi connectivity index (χ0v) is 15.8. The number of amides is 1. The highest BCUT2D eigenvalue weighted by Gasteiger charge is 2.30. The van der Waals surface area contributed by atoms with Crippen LogP contribution in [0.25, 0.3) is 0 Å². The van der Waals surface area contributed by atoms with Crippen LogP contribution in [-0.2, 0) is 4.79 Å². The average Bonchev–Trinajstić information content (AvgIpc) is 3.09. The van der Waals surface area contributed by atoms with E-state index in [0.717, 1.165) is 45.6 Å². The van der Waals surface area contributed by atoms with Crippen LogP contribution in [0.5, 0.6) is 0 Å². The van der Waals surface area contributed by atoms with Crippen LogP contribution in [0, 0.1) is 11.8 Å². The number of piperidine rings is 1. The standard InChI is InChI=1S/C21H33N3O/c1-17(2)15-24-12-7-6-10-20(24)21(25)22-14-18-11-13-23(16-18)19-8-4-3-5-9-19/h3-5,8-9,17-18,20H,6-7,10-16H2,1-2H3,(H,22,25)/t18-,20-/m0/s1. The summed E-state index contributed by atoms with van der Waals surface area (Å²) < 4.78 is 0. The van der Waals surface area contributed by atoms with Crippen LogP contribution >= 0.6 is 0 Å². The second kappa shape index (κ2) is 8.70. The lowest BCUT2D eigenvalue weighted by atomic mass is 9.99. The van der Waals surface area contributed by atoms with E-state index in [1.165, 1.54) is 18.5 Å². The number of likely N-dealkylation sites (tertiary alicyclic amines) is 1. The molecule has 3 rings (SSSR count). The second-order valence-electron chi connectivity index (χ2n) is 8.08. The average molecular weight is 344 g/mol. The van der Waals surface area contributed by atoms with E-state index >= 15 is 0 Å². The number of carbonyl (C=O) groups is 1. The summed E-state index contributed by atoms with van der Waals surface area (Å²) in [7, 11) is 0. The van der Waals surface area contributed by atoms with Crippen LogP contribution in [0.3, 0.4) is 0 Å². The maximum absolute atomic E-state index is 12.7. The Morgan fingerprint density at radius 1 is 1.16 bits per heavy atom. The molecule has 0 saturated carbocycles. The quantitative estimate of drug-likeness (QED) is 0.862. The highest BCUT2D eigenvalue weighted by molar-refractivity contribution is 5.81. The maximum Gasteiger partial charge on any atom is 0.237 e. The van der Waals surface area contributed by atoms with Gasteiger partial charge in [-0.3, -0.25) is 9.69 Å². The predicted molar refractivity (Wildman–Crippen MR) is 104 cm³/mol. The molecule has 2 atom stereocenters. The molecule has 0 aliphatic carbocycles. The Labute approximate surface area is 152 Å². The van der Waals surface area contributed by atoms with Crippen molar-refractivity contribution in [2.24, 2.45) is 11.8 Å². The largest absolute Gasteiger partial charge is 0.371 e. The number of hydrogen-bond donors (Lipinski definition) is 1. The summed E-state index contributed by atoms with van der Waals surface area (Å²) in [6, 6.07) is 10.7. The smallest absolute Gasteiger partial charge is 0.237 e. The van der Waals surface area contributed by atoms with Gasteiger partial charge in [0.1, 0.15) is 0 Å². The van der Waals surface area contributed by atoms with E-state index < -0.39 is 0 Å². The summed E-state index contributed by atoms with van der Waals surface area (Å²) >= 11 is 0. The van der Waals surface area contributed by atoms with Gasteiger partial charge in [-0.1, -0.05) is 38.5 Å². The summed E-state index contributed by atoms with van der Waals surface area (Å²) in [5.74, 6) is 1.42. The zero-order valence-electron chi connectivity index (χ0n) is 15.8. The van der Waals surface area contributed by atoms with Crippen LogP contribution in [0.1, 0.15) is 39.5 Å². The Morgan fingerprint density at radius 2 is 1.96 bits per heavy atom. The molecule has 1 N–H and O–H groups in total. The summed E-state index contributed by atoms with van der Waals surface area (Å²) in [4.78, 5) is 17.6. The van der Waals surface area contributed by atoms with Crippen LogP contribution in [0.2, 0.25) is 0 Å². The van der Waals surface area contributed by atoms with Gasteiger partial charge >= 0.3 is 0 Å². The lowest BCUT2D eigenvalue weighted by Crippen LogP contribution is -2.51. The first kappa shape index (κ1) is 18.2. The molecular formula is C21H33N3O. The van der Waals surface area contributed by atoms with Gasteiger partial charge in [0.05, 0.1) is 6.04 Å². The van der Waals surface area contributed by atoms with E-state index in [-0.39, 0.29) is 11.9 Å². The molecule has 0 spiro atoms. The number of rotatable bonds is 6. The van der Waals surface area contributed by atoms with Crippen LogP contribution in [0.15, 0.2) is 30.3 Å². The normalized spacial score (nSPS) is 24.7. The third-order valence-corrected chi connectivity index (χ3v) is 5.49. The van der Waals surface area contributed by atoms with Crippen molar-refractivity contribution in [3.63, 3.8) is 0 Å². The Morgan fingerprint density at radius 3 is 2.72 bits per heavy atom. The van der Waals surface area contributed by atoms with Crippen molar-refractivity contribution in [3.8, 4) is 0 Å². The van der Waals surface area contributed by atoms with Gasteiger partial charge in [-0.05, 0) is 49.8 Å². The van der Waals surface area contributed by atoms with Crippen molar-refractivity contribution in [2.75, 3.05) is 37.6 Å². The third-order valence-electron chi connectivity index (χ3n) is 5.49. The molecular weight excluding hydrogens is 310 g/mol. The lowest BCUT2D eigenvalue weighted by molar-refractivity contribution is -0.128. The number of benzene rings is 1. The van der Waals surface area contributed by atoms with Gasteiger partial charge < -0.3 is 10.2 Å². The van der Waals surface area contributed by atoms with Gasteiger partial charge in [0, 0.05) is 31.9 Å². The molecule has 25 heavy (non-hydrogen) atoms. The predicted octanol–water partition coefficient (Wildman–Crippen LogP) is 3.14. The Kier molecular flexibility index (Phi) is 6.35. The minimum Gasteiger partial charge on any atom is -0.371 e. The highest BCUT2D eigenvalue weighted by Crippen LogP contribution is 2.23. The van der Waals surface area contributed by atoms with Gasteiger partial charge in [-0.15, -0.1) is 0 Å². The fourth-order valence-electron chi connectivity index (χ4n) is 4.21. The van der Waals surface area contributed by atoms with E-state index in [2.05, 4.69) is 59.3 Å². The molecule has 138 valence electrons. The number of nitrogens with one attached hydrogen (secondary N) is 1. The molecule has 2 saturated heterocycles. The van der Waals surface area contributed by atoms with E-state index in [1.807, 2.05) is 0 Å². The van der Waals surface area contributed by atoms with E-state index in [1.54, 1.807) is 0 Å². The number of para-hydroxylation sites is 1. The SMILES string of the molecule is CC(C)CN1CCCC[C@H]1C(=O)NC[C@@H]1CCN(c2ccccc2)C1. The molecule has 4 nitrogen and oxygen atoms in total. The fourth-order valence-corrected chi connectivity index (χ4v) is 4.21. The third kappa shape index (κ3) is 4.97. The molecule has 0 bridgehead atoms.